The molecular weight excluding hydrogens is 599 g/mol. The second-order valence-corrected chi connectivity index (χ2v) is 12.7. The van der Waals surface area contributed by atoms with Crippen molar-refractivity contribution < 1.29 is 4.42 Å². The zero-order valence-electron chi connectivity index (χ0n) is 27.0. The van der Waals surface area contributed by atoms with Gasteiger partial charge < -0.3 is 9.73 Å². The molecule has 1 saturated heterocycles. The van der Waals surface area contributed by atoms with Gasteiger partial charge in [-0.05, 0) is 57.6 Å². The Morgan fingerprint density at radius 3 is 1.78 bits per heavy atom. The van der Waals surface area contributed by atoms with E-state index < -0.39 is 0 Å². The summed E-state index contributed by atoms with van der Waals surface area (Å²) in [5.41, 5.74) is 12.4. The summed E-state index contributed by atoms with van der Waals surface area (Å²) in [6.07, 6.45) is 0.219. The van der Waals surface area contributed by atoms with Gasteiger partial charge in [0, 0.05) is 34.6 Å². The van der Waals surface area contributed by atoms with Gasteiger partial charge in [-0.25, -0.2) is 0 Å². The van der Waals surface area contributed by atoms with Gasteiger partial charge in [0.2, 0.25) is 0 Å². The highest BCUT2D eigenvalue weighted by Crippen LogP contribution is 2.42. The highest BCUT2D eigenvalue weighted by Gasteiger charge is 2.39. The van der Waals surface area contributed by atoms with Crippen molar-refractivity contribution in [2.75, 3.05) is 5.32 Å². The van der Waals surface area contributed by atoms with Crippen molar-refractivity contribution in [1.82, 2.24) is 10.2 Å². The SMILES string of the molecule is c1ccc(CN2C(c3ccc(Nc4cc5oc6ccccc6c5cc4-c4ccccc4)cc3)N[C@@H]2c2ccc(-c3ccccc3)cc2)cc1. The Kier molecular flexibility index (Phi) is 7.50. The summed E-state index contributed by atoms with van der Waals surface area (Å²) in [6.45, 7) is 0.849. The Balaban J connectivity index is 1.000. The molecule has 1 aromatic heterocycles. The smallest absolute Gasteiger partial charge is 0.137 e. The molecule has 2 atom stereocenters. The molecule has 1 aliphatic rings. The third-order valence-corrected chi connectivity index (χ3v) is 9.63. The monoisotopic (exact) mass is 633 g/mol. The van der Waals surface area contributed by atoms with Gasteiger partial charge in [0.05, 0.1) is 18.0 Å². The molecule has 2 N–H and O–H groups in total. The minimum absolute atomic E-state index is 0.0971. The average molecular weight is 634 g/mol. The molecule has 9 rings (SSSR count). The van der Waals surface area contributed by atoms with Gasteiger partial charge in [-0.15, -0.1) is 0 Å². The predicted molar refractivity (Wildman–Crippen MR) is 201 cm³/mol. The maximum Gasteiger partial charge on any atom is 0.137 e. The summed E-state index contributed by atoms with van der Waals surface area (Å²) in [6, 6.07) is 62.2. The number of hydrogen-bond acceptors (Lipinski definition) is 4. The van der Waals surface area contributed by atoms with E-state index in [0.717, 1.165) is 51.0 Å². The molecule has 4 nitrogen and oxygen atoms in total. The Morgan fingerprint density at radius 1 is 0.510 bits per heavy atom. The minimum atomic E-state index is 0.0971. The van der Waals surface area contributed by atoms with Crippen molar-refractivity contribution in [3.05, 3.63) is 193 Å². The van der Waals surface area contributed by atoms with E-state index in [4.69, 9.17) is 4.42 Å². The lowest BCUT2D eigenvalue weighted by Gasteiger charge is -2.50. The van der Waals surface area contributed by atoms with Crippen LogP contribution in [0.25, 0.3) is 44.2 Å². The Bertz CT molecular complexity index is 2350. The summed E-state index contributed by atoms with van der Waals surface area (Å²) in [5.74, 6) is 0. The number of hydrogen-bond donors (Lipinski definition) is 2. The molecule has 0 bridgehead atoms. The van der Waals surface area contributed by atoms with Crippen LogP contribution < -0.4 is 10.6 Å². The fraction of sp³-hybridized carbons (Fsp3) is 0.0667. The topological polar surface area (TPSA) is 40.4 Å². The van der Waals surface area contributed by atoms with Gasteiger partial charge in [-0.3, -0.25) is 10.2 Å². The zero-order valence-corrected chi connectivity index (χ0v) is 27.0. The number of nitrogens with one attached hydrogen (secondary N) is 2. The summed E-state index contributed by atoms with van der Waals surface area (Å²) in [7, 11) is 0. The predicted octanol–water partition coefficient (Wildman–Crippen LogP) is 11.5. The van der Waals surface area contributed by atoms with Crippen LogP contribution in [0.5, 0.6) is 0 Å². The number of rotatable bonds is 8. The first-order valence-corrected chi connectivity index (χ1v) is 16.9. The summed E-state index contributed by atoms with van der Waals surface area (Å²) >= 11 is 0. The first-order chi connectivity index (χ1) is 24.3. The number of para-hydroxylation sites is 1. The minimum Gasteiger partial charge on any atom is -0.456 e. The lowest BCUT2D eigenvalue weighted by Crippen LogP contribution is -2.56. The van der Waals surface area contributed by atoms with E-state index in [1.807, 2.05) is 12.1 Å². The van der Waals surface area contributed by atoms with Crippen LogP contribution in [0.4, 0.5) is 11.4 Å². The standard InChI is InChI=1S/C45H35N3O/c1-4-12-31(13-5-1)30-48-44(35-22-20-33(21-23-35)32-14-6-2-7-15-32)47-45(48)36-24-26-37(27-25-36)46-41-29-43-40(38-18-10-11-19-42(38)49-43)28-39(41)34-16-8-3-9-17-34/h1-29,44-47H,30H2/t44-,45?/m0/s1. The van der Waals surface area contributed by atoms with E-state index in [1.165, 1.54) is 27.8 Å². The molecule has 236 valence electrons. The summed E-state index contributed by atoms with van der Waals surface area (Å²) < 4.78 is 6.28. The third kappa shape index (κ3) is 5.67. The summed E-state index contributed by atoms with van der Waals surface area (Å²) in [4.78, 5) is 2.54. The maximum absolute atomic E-state index is 6.28. The van der Waals surface area contributed by atoms with Crippen LogP contribution in [-0.4, -0.2) is 4.90 Å². The summed E-state index contributed by atoms with van der Waals surface area (Å²) in [5, 5.41) is 9.84. The largest absolute Gasteiger partial charge is 0.456 e. The van der Waals surface area contributed by atoms with Crippen molar-refractivity contribution in [2.24, 2.45) is 0 Å². The molecular formula is C45H35N3O. The average Bonchev–Trinajstić information content (AvgIpc) is 3.53. The van der Waals surface area contributed by atoms with Crippen LogP contribution in [0.1, 0.15) is 29.0 Å². The van der Waals surface area contributed by atoms with Gasteiger partial charge in [0.15, 0.2) is 0 Å². The van der Waals surface area contributed by atoms with Gasteiger partial charge in [0.25, 0.3) is 0 Å². The fourth-order valence-electron chi connectivity index (χ4n) is 7.08. The molecule has 49 heavy (non-hydrogen) atoms. The van der Waals surface area contributed by atoms with Gasteiger partial charge in [-0.2, -0.15) is 0 Å². The van der Waals surface area contributed by atoms with E-state index in [9.17, 15) is 0 Å². The molecule has 0 saturated carbocycles. The Labute approximate surface area is 286 Å². The Hall–Kier alpha value is -5.94. The van der Waals surface area contributed by atoms with Crippen LogP contribution in [0.3, 0.4) is 0 Å². The van der Waals surface area contributed by atoms with Gasteiger partial charge >= 0.3 is 0 Å². The van der Waals surface area contributed by atoms with Crippen LogP contribution >= 0.6 is 0 Å². The molecule has 8 aromatic rings. The molecule has 2 heterocycles. The highest BCUT2D eigenvalue weighted by molar-refractivity contribution is 6.08. The number of furan rings is 1. The lowest BCUT2D eigenvalue weighted by atomic mass is 9.97. The number of nitrogens with zero attached hydrogens (tertiary/aromatic N) is 1. The molecule has 0 aliphatic carbocycles. The fourth-order valence-corrected chi connectivity index (χ4v) is 7.08. The second-order valence-electron chi connectivity index (χ2n) is 12.7. The first-order valence-electron chi connectivity index (χ1n) is 16.9. The van der Waals surface area contributed by atoms with Crippen molar-refractivity contribution in [3.8, 4) is 22.3 Å². The first kappa shape index (κ1) is 29.2. The molecule has 1 aliphatic heterocycles. The molecule has 0 amide bonds. The molecule has 1 unspecified atom stereocenters. The van der Waals surface area contributed by atoms with E-state index in [0.29, 0.717) is 0 Å². The second kappa shape index (κ2) is 12.6. The lowest BCUT2D eigenvalue weighted by molar-refractivity contribution is -0.0400. The molecule has 4 heteroatoms. The number of anilines is 2. The van der Waals surface area contributed by atoms with Crippen LogP contribution in [-0.2, 0) is 6.54 Å². The number of benzene rings is 7. The van der Waals surface area contributed by atoms with Crippen molar-refractivity contribution in [2.45, 2.75) is 18.9 Å². The maximum atomic E-state index is 6.28. The normalized spacial score (nSPS) is 16.1. The van der Waals surface area contributed by atoms with Crippen LogP contribution in [0, 0.1) is 0 Å². The van der Waals surface area contributed by atoms with Crippen molar-refractivity contribution in [3.63, 3.8) is 0 Å². The molecule has 0 spiro atoms. The van der Waals surface area contributed by atoms with Gasteiger partial charge in [0.1, 0.15) is 11.2 Å². The molecule has 1 fully saturated rings. The highest BCUT2D eigenvalue weighted by atomic mass is 16.3. The number of fused-ring (bicyclic) bond motifs is 3. The van der Waals surface area contributed by atoms with E-state index in [2.05, 4.69) is 179 Å². The zero-order chi connectivity index (χ0) is 32.6. The third-order valence-electron chi connectivity index (χ3n) is 9.63. The van der Waals surface area contributed by atoms with Gasteiger partial charge in [-0.1, -0.05) is 146 Å². The van der Waals surface area contributed by atoms with E-state index >= 15 is 0 Å². The van der Waals surface area contributed by atoms with Crippen molar-refractivity contribution in [1.29, 1.82) is 0 Å². The van der Waals surface area contributed by atoms with E-state index in [-0.39, 0.29) is 12.3 Å². The molecule has 7 aromatic carbocycles. The van der Waals surface area contributed by atoms with Crippen LogP contribution in [0.15, 0.2) is 180 Å². The quantitative estimate of drug-likeness (QED) is 0.175. The van der Waals surface area contributed by atoms with E-state index in [1.54, 1.807) is 0 Å². The van der Waals surface area contributed by atoms with Crippen LogP contribution in [0.2, 0.25) is 0 Å². The molecule has 0 radical (unpaired) electrons. The van der Waals surface area contributed by atoms with Crippen molar-refractivity contribution >= 4 is 33.3 Å². The Morgan fingerprint density at radius 2 is 1.08 bits per heavy atom.